The summed E-state index contributed by atoms with van der Waals surface area (Å²) in [5, 5.41) is 13.2. The molecule has 0 aromatic heterocycles. The van der Waals surface area contributed by atoms with Gasteiger partial charge in [-0.1, -0.05) is 0 Å². The second-order valence-electron chi connectivity index (χ2n) is 4.94. The first kappa shape index (κ1) is 16.4. The fraction of sp³-hybridized carbons (Fsp3) is 0.727. The molecule has 0 saturated carbocycles. The molecule has 0 spiro atoms. The number of carboxylic acid groups (broad SMARTS) is 1. The van der Waals surface area contributed by atoms with Gasteiger partial charge in [-0.15, -0.1) is 0 Å². The Labute approximate surface area is 107 Å². The number of nitrogens with one attached hydrogen (secondary N) is 2. The molecule has 0 radical (unpaired) electrons. The zero-order chi connectivity index (χ0) is 14.5. The van der Waals surface area contributed by atoms with Crippen LogP contribution in [0.5, 0.6) is 0 Å². The molecule has 3 amide bonds. The van der Waals surface area contributed by atoms with E-state index < -0.39 is 29.5 Å². The van der Waals surface area contributed by atoms with Crippen LogP contribution in [0.2, 0.25) is 0 Å². The van der Waals surface area contributed by atoms with Crippen molar-refractivity contribution in [1.29, 1.82) is 0 Å². The Hall–Kier alpha value is -1.63. The minimum absolute atomic E-state index is 0.272. The molecule has 18 heavy (non-hydrogen) atoms. The van der Waals surface area contributed by atoms with Crippen molar-refractivity contribution in [3.63, 3.8) is 0 Å². The molecule has 7 heteroatoms. The van der Waals surface area contributed by atoms with E-state index in [1.807, 2.05) is 0 Å². The summed E-state index contributed by atoms with van der Waals surface area (Å²) in [6.07, 6.45) is 0. The summed E-state index contributed by atoms with van der Waals surface area (Å²) in [7, 11) is 1.39. The fourth-order valence-electron chi connectivity index (χ4n) is 1.52. The van der Waals surface area contributed by atoms with Crippen molar-refractivity contribution in [3.8, 4) is 0 Å². The third-order valence-electron chi connectivity index (χ3n) is 2.48. The van der Waals surface area contributed by atoms with E-state index in [4.69, 9.17) is 5.11 Å². The Morgan fingerprint density at radius 2 is 1.78 bits per heavy atom. The van der Waals surface area contributed by atoms with Crippen LogP contribution in [0.3, 0.4) is 0 Å². The van der Waals surface area contributed by atoms with Gasteiger partial charge in [-0.25, -0.2) is 4.79 Å². The number of nitrogens with zero attached hydrogens (tertiary/aromatic N) is 1. The predicted octanol–water partition coefficient (Wildman–Crippen LogP) is 0.0156. The van der Waals surface area contributed by atoms with Gasteiger partial charge in [-0.2, -0.15) is 0 Å². The van der Waals surface area contributed by atoms with E-state index in [1.54, 1.807) is 27.7 Å². The predicted molar refractivity (Wildman–Crippen MR) is 66.2 cm³/mol. The molecule has 0 aliphatic carbocycles. The van der Waals surface area contributed by atoms with Crippen molar-refractivity contribution in [3.05, 3.63) is 0 Å². The standard InChI is InChI=1S/C11H21N3O4/c1-7(9(17)13-10(18)12-5)14(6-8(15)16)11(2,3)4/h7H,6H2,1-5H3,(H,15,16)(H2,12,13,17,18). The summed E-state index contributed by atoms with van der Waals surface area (Å²) in [5.74, 6) is -1.56. The van der Waals surface area contributed by atoms with Gasteiger partial charge in [0.15, 0.2) is 0 Å². The smallest absolute Gasteiger partial charge is 0.321 e. The van der Waals surface area contributed by atoms with E-state index >= 15 is 0 Å². The van der Waals surface area contributed by atoms with E-state index in [0.717, 1.165) is 0 Å². The van der Waals surface area contributed by atoms with Crippen LogP contribution in [0, 0.1) is 0 Å². The number of aliphatic carboxylic acids is 1. The molecule has 0 aromatic carbocycles. The van der Waals surface area contributed by atoms with Crippen molar-refractivity contribution >= 4 is 17.9 Å². The topological polar surface area (TPSA) is 98.7 Å². The highest BCUT2D eigenvalue weighted by molar-refractivity contribution is 5.96. The third kappa shape index (κ3) is 5.13. The average Bonchev–Trinajstić information content (AvgIpc) is 2.22. The Kier molecular flexibility index (Phi) is 5.77. The zero-order valence-corrected chi connectivity index (χ0v) is 11.4. The molecule has 0 aromatic rings. The Morgan fingerprint density at radius 1 is 1.28 bits per heavy atom. The molecule has 0 saturated heterocycles. The number of urea groups is 1. The summed E-state index contributed by atoms with van der Waals surface area (Å²) in [6, 6.07) is -1.34. The molecule has 7 nitrogen and oxygen atoms in total. The van der Waals surface area contributed by atoms with E-state index in [9.17, 15) is 14.4 Å². The average molecular weight is 259 g/mol. The van der Waals surface area contributed by atoms with Crippen LogP contribution < -0.4 is 10.6 Å². The summed E-state index contributed by atoms with van der Waals surface area (Å²) in [4.78, 5) is 35.1. The lowest BCUT2D eigenvalue weighted by atomic mass is 10.0. The molecule has 0 bridgehead atoms. The minimum Gasteiger partial charge on any atom is -0.480 e. The molecule has 1 atom stereocenters. The summed E-state index contributed by atoms with van der Waals surface area (Å²) in [5.41, 5.74) is -0.502. The van der Waals surface area contributed by atoms with Gasteiger partial charge >= 0.3 is 12.0 Å². The van der Waals surface area contributed by atoms with Crippen LogP contribution in [0.1, 0.15) is 27.7 Å². The third-order valence-corrected chi connectivity index (χ3v) is 2.48. The van der Waals surface area contributed by atoms with Gasteiger partial charge in [0.2, 0.25) is 5.91 Å². The molecule has 1 unspecified atom stereocenters. The fourth-order valence-corrected chi connectivity index (χ4v) is 1.52. The first-order valence-electron chi connectivity index (χ1n) is 5.60. The van der Waals surface area contributed by atoms with Crippen LogP contribution in [0.4, 0.5) is 4.79 Å². The SMILES string of the molecule is CNC(=O)NC(=O)C(C)N(CC(=O)O)C(C)(C)C. The molecule has 0 aliphatic heterocycles. The van der Waals surface area contributed by atoms with Gasteiger partial charge in [0.1, 0.15) is 0 Å². The highest BCUT2D eigenvalue weighted by Crippen LogP contribution is 2.16. The van der Waals surface area contributed by atoms with E-state index in [2.05, 4.69) is 10.6 Å². The molecular weight excluding hydrogens is 238 g/mol. The van der Waals surface area contributed by atoms with Crippen molar-refractivity contribution in [2.24, 2.45) is 0 Å². The quantitative estimate of drug-likeness (QED) is 0.661. The lowest BCUT2D eigenvalue weighted by Gasteiger charge is -2.38. The zero-order valence-electron chi connectivity index (χ0n) is 11.4. The molecule has 0 aliphatic rings. The number of carbonyl (C=O) groups is 3. The second-order valence-corrected chi connectivity index (χ2v) is 4.94. The maximum atomic E-state index is 11.8. The van der Waals surface area contributed by atoms with Crippen LogP contribution in [0.15, 0.2) is 0 Å². The summed E-state index contributed by atoms with van der Waals surface area (Å²) >= 11 is 0. The molecule has 3 N–H and O–H groups in total. The van der Waals surface area contributed by atoms with Crippen molar-refractivity contribution in [1.82, 2.24) is 15.5 Å². The largest absolute Gasteiger partial charge is 0.480 e. The molecule has 0 rings (SSSR count). The maximum absolute atomic E-state index is 11.8. The van der Waals surface area contributed by atoms with Crippen molar-refractivity contribution in [2.75, 3.05) is 13.6 Å². The van der Waals surface area contributed by atoms with Gasteiger partial charge in [-0.3, -0.25) is 19.8 Å². The second kappa shape index (κ2) is 6.34. The number of amides is 3. The lowest BCUT2D eigenvalue weighted by molar-refractivity contribution is -0.142. The molecule has 104 valence electrons. The van der Waals surface area contributed by atoms with E-state index in [1.165, 1.54) is 11.9 Å². The monoisotopic (exact) mass is 259 g/mol. The number of rotatable bonds is 4. The van der Waals surface area contributed by atoms with Crippen LogP contribution in [-0.4, -0.2) is 53.1 Å². The first-order valence-corrected chi connectivity index (χ1v) is 5.60. The number of hydrogen-bond acceptors (Lipinski definition) is 4. The van der Waals surface area contributed by atoms with E-state index in [0.29, 0.717) is 0 Å². The van der Waals surface area contributed by atoms with Gasteiger partial charge < -0.3 is 10.4 Å². The van der Waals surface area contributed by atoms with E-state index in [-0.39, 0.29) is 6.54 Å². The Morgan fingerprint density at radius 3 is 2.11 bits per heavy atom. The van der Waals surface area contributed by atoms with Crippen LogP contribution in [0.25, 0.3) is 0 Å². The Balaban J connectivity index is 4.85. The summed E-state index contributed by atoms with van der Waals surface area (Å²) < 4.78 is 0. The van der Waals surface area contributed by atoms with Crippen LogP contribution in [-0.2, 0) is 9.59 Å². The van der Waals surface area contributed by atoms with Gasteiger partial charge in [-0.05, 0) is 27.7 Å². The molecule has 0 fully saturated rings. The number of carboxylic acids is 1. The highest BCUT2D eigenvalue weighted by atomic mass is 16.4. The maximum Gasteiger partial charge on any atom is 0.321 e. The van der Waals surface area contributed by atoms with Gasteiger partial charge in [0, 0.05) is 12.6 Å². The number of imide groups is 1. The summed E-state index contributed by atoms with van der Waals surface area (Å²) in [6.45, 7) is 6.71. The normalized spacial score (nSPS) is 13.0. The Bertz CT molecular complexity index is 336. The van der Waals surface area contributed by atoms with Crippen molar-refractivity contribution in [2.45, 2.75) is 39.3 Å². The number of hydrogen-bond donors (Lipinski definition) is 3. The van der Waals surface area contributed by atoms with Gasteiger partial charge in [0.05, 0.1) is 12.6 Å². The molecular formula is C11H21N3O4. The van der Waals surface area contributed by atoms with Crippen LogP contribution >= 0.6 is 0 Å². The number of carbonyl (C=O) groups excluding carboxylic acids is 2. The highest BCUT2D eigenvalue weighted by Gasteiger charge is 2.32. The van der Waals surface area contributed by atoms with Gasteiger partial charge in [0.25, 0.3) is 0 Å². The van der Waals surface area contributed by atoms with Crippen molar-refractivity contribution < 1.29 is 19.5 Å². The minimum atomic E-state index is -1.02. The first-order chi connectivity index (χ1) is 8.09. The molecule has 0 heterocycles. The lowest BCUT2D eigenvalue weighted by Crippen LogP contribution is -2.56.